The summed E-state index contributed by atoms with van der Waals surface area (Å²) in [6.45, 7) is 7.84. The number of aryl methyl sites for hydroxylation is 1. The first-order chi connectivity index (χ1) is 16.2. The van der Waals surface area contributed by atoms with Crippen LogP contribution in [0.4, 0.5) is 5.69 Å². The lowest BCUT2D eigenvalue weighted by Crippen LogP contribution is -2.34. The molecular weight excluding hydrogens is 438 g/mol. The molecular formula is C30H43NO2S. The lowest BCUT2D eigenvalue weighted by molar-refractivity contribution is 0.278. The van der Waals surface area contributed by atoms with Crippen molar-refractivity contribution in [3.8, 4) is 11.1 Å². The summed E-state index contributed by atoms with van der Waals surface area (Å²) in [5.41, 5.74) is 5.34. The molecule has 0 bridgehead atoms. The fraction of sp³-hybridized carbons (Fsp3) is 0.600. The topological polar surface area (TPSA) is 37.4 Å². The van der Waals surface area contributed by atoms with E-state index in [1.807, 2.05) is 20.8 Å². The quantitative estimate of drug-likeness (QED) is 0.416. The molecule has 186 valence electrons. The minimum Gasteiger partial charge on any atom is -0.372 e. The van der Waals surface area contributed by atoms with Crippen molar-refractivity contribution in [2.45, 2.75) is 83.3 Å². The van der Waals surface area contributed by atoms with Crippen LogP contribution in [0.15, 0.2) is 48.5 Å². The van der Waals surface area contributed by atoms with Crippen molar-refractivity contribution >= 4 is 15.5 Å². The molecule has 4 rings (SSSR count). The fourth-order valence-corrected chi connectivity index (χ4v) is 6.95. The highest BCUT2D eigenvalue weighted by Gasteiger charge is 2.33. The monoisotopic (exact) mass is 481 g/mol. The highest BCUT2D eigenvalue weighted by atomic mass is 32.2. The Bertz CT molecular complexity index is 1000. The van der Waals surface area contributed by atoms with E-state index in [1.54, 1.807) is 0 Å². The summed E-state index contributed by atoms with van der Waals surface area (Å²) in [7, 11) is -3.01. The van der Waals surface area contributed by atoms with Crippen LogP contribution in [0.1, 0.15) is 77.7 Å². The van der Waals surface area contributed by atoms with E-state index in [0.29, 0.717) is 11.7 Å². The van der Waals surface area contributed by atoms with E-state index in [0.717, 1.165) is 25.2 Å². The number of nitrogens with zero attached hydrogens (tertiary/aromatic N) is 1. The Hall–Kier alpha value is -1.81. The van der Waals surface area contributed by atoms with Crippen LogP contribution in [-0.2, 0) is 16.3 Å². The van der Waals surface area contributed by atoms with E-state index < -0.39 is 14.6 Å². The summed E-state index contributed by atoms with van der Waals surface area (Å²) in [5, 5.41) is 0. The van der Waals surface area contributed by atoms with Gasteiger partial charge in [0.1, 0.15) is 0 Å². The molecule has 2 fully saturated rings. The van der Waals surface area contributed by atoms with Crippen LogP contribution in [0.3, 0.4) is 0 Å². The molecule has 0 N–H and O–H groups in total. The molecule has 1 saturated carbocycles. The lowest BCUT2D eigenvalue weighted by Gasteiger charge is -2.30. The van der Waals surface area contributed by atoms with Crippen molar-refractivity contribution in [3.63, 3.8) is 0 Å². The number of rotatable bonds is 7. The molecule has 3 nitrogen and oxygen atoms in total. The first kappa shape index (κ1) is 25.3. The molecule has 1 aliphatic heterocycles. The van der Waals surface area contributed by atoms with Gasteiger partial charge in [-0.05, 0) is 106 Å². The predicted molar refractivity (Wildman–Crippen MR) is 145 cm³/mol. The maximum absolute atomic E-state index is 12.5. The number of sulfone groups is 1. The summed E-state index contributed by atoms with van der Waals surface area (Å²) in [4.78, 5) is 2.51. The Morgan fingerprint density at radius 3 is 1.85 bits per heavy atom. The zero-order valence-electron chi connectivity index (χ0n) is 21.4. The van der Waals surface area contributed by atoms with Gasteiger partial charge in [-0.25, -0.2) is 8.42 Å². The van der Waals surface area contributed by atoms with Gasteiger partial charge in [0, 0.05) is 18.8 Å². The molecule has 0 radical (unpaired) electrons. The molecule has 34 heavy (non-hydrogen) atoms. The number of benzene rings is 2. The Labute approximate surface area is 207 Å². The first-order valence-electron chi connectivity index (χ1n) is 13.4. The van der Waals surface area contributed by atoms with Crippen LogP contribution in [-0.4, -0.2) is 32.0 Å². The number of hydrogen-bond donors (Lipinski definition) is 0. The molecule has 0 atom stereocenters. The van der Waals surface area contributed by atoms with Crippen LogP contribution < -0.4 is 4.90 Å². The molecule has 0 spiro atoms. The van der Waals surface area contributed by atoms with E-state index in [4.69, 9.17) is 0 Å². The average molecular weight is 482 g/mol. The molecule has 1 saturated heterocycles. The lowest BCUT2D eigenvalue weighted by atomic mass is 9.80. The number of piperidine rings is 1. The minimum absolute atomic E-state index is 0.348. The van der Waals surface area contributed by atoms with Crippen LogP contribution in [0.25, 0.3) is 11.1 Å². The predicted octanol–water partition coefficient (Wildman–Crippen LogP) is 7.30. The van der Waals surface area contributed by atoms with Gasteiger partial charge < -0.3 is 4.90 Å². The smallest absolute Gasteiger partial charge is 0.155 e. The molecule has 1 aliphatic carbocycles. The summed E-state index contributed by atoms with van der Waals surface area (Å²) in [5.74, 6) is 1.45. The summed E-state index contributed by atoms with van der Waals surface area (Å²) >= 11 is 0. The van der Waals surface area contributed by atoms with Crippen molar-refractivity contribution in [2.75, 3.05) is 23.7 Å². The van der Waals surface area contributed by atoms with Gasteiger partial charge in [-0.15, -0.1) is 0 Å². The minimum atomic E-state index is -3.01. The zero-order chi connectivity index (χ0) is 24.2. The van der Waals surface area contributed by atoms with Gasteiger partial charge >= 0.3 is 0 Å². The van der Waals surface area contributed by atoms with Crippen molar-refractivity contribution in [1.29, 1.82) is 0 Å². The SMILES string of the molecule is CC(C)(C)S(=O)(=O)CC1CCC(CCc2ccc(-c3ccc(N4CCCCC4)cc3)cc2)CC1. The Kier molecular flexibility index (Phi) is 8.07. The molecule has 2 aromatic rings. The standard InChI is InChI=1S/C30H43NO2S/c1-30(2,3)34(32,33)23-26-11-9-24(10-12-26)7-8-25-13-15-27(16-14-25)28-17-19-29(20-18-28)31-21-5-4-6-22-31/h13-20,24,26H,4-12,21-23H2,1-3H3. The zero-order valence-corrected chi connectivity index (χ0v) is 22.2. The third-order valence-electron chi connectivity index (χ3n) is 8.07. The van der Waals surface area contributed by atoms with Crippen molar-refractivity contribution < 1.29 is 8.42 Å². The van der Waals surface area contributed by atoms with Gasteiger partial charge in [-0.3, -0.25) is 0 Å². The second kappa shape index (κ2) is 10.8. The maximum atomic E-state index is 12.5. The van der Waals surface area contributed by atoms with Gasteiger partial charge in [-0.2, -0.15) is 0 Å². The van der Waals surface area contributed by atoms with Gasteiger partial charge in [0.05, 0.1) is 10.5 Å². The fourth-order valence-electron chi connectivity index (χ4n) is 5.50. The summed E-state index contributed by atoms with van der Waals surface area (Å²) in [6.07, 6.45) is 10.8. The van der Waals surface area contributed by atoms with Gasteiger partial charge in [0.25, 0.3) is 0 Å². The second-order valence-corrected chi connectivity index (χ2v) is 14.4. The largest absolute Gasteiger partial charge is 0.372 e. The van der Waals surface area contributed by atoms with E-state index in [2.05, 4.69) is 53.4 Å². The Balaban J connectivity index is 1.24. The van der Waals surface area contributed by atoms with Crippen molar-refractivity contribution in [3.05, 3.63) is 54.1 Å². The van der Waals surface area contributed by atoms with Gasteiger partial charge in [0.2, 0.25) is 0 Å². The normalized spacial score (nSPS) is 22.0. The third-order valence-corrected chi connectivity index (χ3v) is 10.8. The molecule has 0 amide bonds. The van der Waals surface area contributed by atoms with Crippen LogP contribution >= 0.6 is 0 Å². The maximum Gasteiger partial charge on any atom is 0.155 e. The molecule has 1 heterocycles. The van der Waals surface area contributed by atoms with E-state index in [9.17, 15) is 8.42 Å². The molecule has 2 aliphatic rings. The van der Waals surface area contributed by atoms with E-state index >= 15 is 0 Å². The summed E-state index contributed by atoms with van der Waals surface area (Å²) in [6, 6.07) is 18.2. The van der Waals surface area contributed by atoms with Crippen LogP contribution in [0.5, 0.6) is 0 Å². The van der Waals surface area contributed by atoms with Gasteiger partial charge in [-0.1, -0.05) is 49.2 Å². The molecule has 0 aromatic heterocycles. The summed E-state index contributed by atoms with van der Waals surface area (Å²) < 4.78 is 24.4. The second-order valence-electron chi connectivity index (χ2n) is 11.6. The van der Waals surface area contributed by atoms with Crippen LogP contribution in [0.2, 0.25) is 0 Å². The van der Waals surface area contributed by atoms with Crippen molar-refractivity contribution in [2.24, 2.45) is 11.8 Å². The van der Waals surface area contributed by atoms with Gasteiger partial charge in [0.15, 0.2) is 9.84 Å². The third kappa shape index (κ3) is 6.44. The number of anilines is 1. The highest BCUT2D eigenvalue weighted by Crippen LogP contribution is 2.34. The average Bonchev–Trinajstić information content (AvgIpc) is 2.84. The van der Waals surface area contributed by atoms with E-state index in [1.165, 1.54) is 74.0 Å². The first-order valence-corrected chi connectivity index (χ1v) is 15.0. The van der Waals surface area contributed by atoms with Crippen LogP contribution in [0, 0.1) is 11.8 Å². The Morgan fingerprint density at radius 2 is 1.29 bits per heavy atom. The molecule has 4 heteroatoms. The van der Waals surface area contributed by atoms with E-state index in [-0.39, 0.29) is 0 Å². The number of hydrogen-bond acceptors (Lipinski definition) is 3. The highest BCUT2D eigenvalue weighted by molar-refractivity contribution is 7.92. The molecule has 2 aromatic carbocycles. The Morgan fingerprint density at radius 1 is 0.765 bits per heavy atom. The molecule has 0 unspecified atom stereocenters. The van der Waals surface area contributed by atoms with Crippen molar-refractivity contribution in [1.82, 2.24) is 0 Å².